The summed E-state index contributed by atoms with van der Waals surface area (Å²) in [5, 5.41) is 12.3. The van der Waals surface area contributed by atoms with Gasteiger partial charge in [0.15, 0.2) is 0 Å². The molecule has 0 fully saturated rings. The highest BCUT2D eigenvalue weighted by Gasteiger charge is 2.16. The SMILES string of the molecule is COc1ccc(NC(=O)C(C)Nc2nc(Nc3ccccc3)nc(Nc3ccccc3)n2)cc1. The third-order valence-corrected chi connectivity index (χ3v) is 4.79. The maximum Gasteiger partial charge on any atom is 0.246 e. The van der Waals surface area contributed by atoms with Crippen LogP contribution in [0.4, 0.5) is 34.9 Å². The molecule has 0 aliphatic carbocycles. The van der Waals surface area contributed by atoms with Gasteiger partial charge in [0, 0.05) is 17.1 Å². The van der Waals surface area contributed by atoms with E-state index in [9.17, 15) is 4.79 Å². The van der Waals surface area contributed by atoms with E-state index in [4.69, 9.17) is 4.74 Å². The molecule has 1 aromatic heterocycles. The van der Waals surface area contributed by atoms with Gasteiger partial charge in [0.25, 0.3) is 0 Å². The highest BCUT2D eigenvalue weighted by Crippen LogP contribution is 2.19. The number of ether oxygens (including phenoxy) is 1. The van der Waals surface area contributed by atoms with Gasteiger partial charge >= 0.3 is 0 Å². The second-order valence-electron chi connectivity index (χ2n) is 7.37. The molecule has 9 nitrogen and oxygen atoms in total. The van der Waals surface area contributed by atoms with Crippen molar-refractivity contribution in [2.75, 3.05) is 28.4 Å². The van der Waals surface area contributed by atoms with E-state index in [1.165, 1.54) is 0 Å². The van der Waals surface area contributed by atoms with Gasteiger partial charge in [0.05, 0.1) is 7.11 Å². The van der Waals surface area contributed by atoms with Crippen LogP contribution < -0.4 is 26.0 Å². The third-order valence-electron chi connectivity index (χ3n) is 4.79. The Morgan fingerprint density at radius 2 is 1.21 bits per heavy atom. The molecule has 9 heteroatoms. The van der Waals surface area contributed by atoms with Crippen LogP contribution in [0.5, 0.6) is 5.75 Å². The quantitative estimate of drug-likeness (QED) is 0.284. The number of carbonyl (C=O) groups excluding carboxylic acids is 1. The number of hydrogen-bond donors (Lipinski definition) is 4. The minimum atomic E-state index is -0.612. The number of aromatic nitrogens is 3. The van der Waals surface area contributed by atoms with Gasteiger partial charge in [-0.3, -0.25) is 4.79 Å². The Morgan fingerprint density at radius 1 is 0.706 bits per heavy atom. The Hall–Kier alpha value is -4.66. The minimum absolute atomic E-state index is 0.235. The number of rotatable bonds is 9. The van der Waals surface area contributed by atoms with E-state index in [1.54, 1.807) is 38.3 Å². The van der Waals surface area contributed by atoms with Crippen LogP contribution in [0.1, 0.15) is 6.92 Å². The number of para-hydroxylation sites is 2. The monoisotopic (exact) mass is 455 g/mol. The van der Waals surface area contributed by atoms with Gasteiger partial charge in [0.2, 0.25) is 23.8 Å². The van der Waals surface area contributed by atoms with Crippen LogP contribution in [0, 0.1) is 0 Å². The van der Waals surface area contributed by atoms with E-state index in [1.807, 2.05) is 60.7 Å². The van der Waals surface area contributed by atoms with Crippen LogP contribution in [0.2, 0.25) is 0 Å². The number of amides is 1. The molecular formula is C25H25N7O2. The van der Waals surface area contributed by atoms with Gasteiger partial charge in [-0.2, -0.15) is 15.0 Å². The summed E-state index contributed by atoms with van der Waals surface area (Å²) < 4.78 is 5.15. The molecule has 1 unspecified atom stereocenters. The van der Waals surface area contributed by atoms with Gasteiger partial charge in [-0.25, -0.2) is 0 Å². The van der Waals surface area contributed by atoms with Gasteiger partial charge in [-0.05, 0) is 55.5 Å². The average Bonchev–Trinajstić information content (AvgIpc) is 2.85. The highest BCUT2D eigenvalue weighted by atomic mass is 16.5. The second-order valence-corrected chi connectivity index (χ2v) is 7.37. The molecular weight excluding hydrogens is 430 g/mol. The number of anilines is 6. The molecule has 0 spiro atoms. The van der Waals surface area contributed by atoms with E-state index < -0.39 is 6.04 Å². The standard InChI is InChI=1S/C25H25N7O2/c1-17(22(33)27-20-13-15-21(34-2)16-14-20)26-23-30-24(28-18-9-5-3-6-10-18)32-25(31-23)29-19-11-7-4-8-12-19/h3-17H,1-2H3,(H,27,33)(H3,26,28,29,30,31,32). The zero-order valence-electron chi connectivity index (χ0n) is 18.8. The topological polar surface area (TPSA) is 113 Å². The molecule has 0 aliphatic rings. The lowest BCUT2D eigenvalue weighted by atomic mass is 10.2. The van der Waals surface area contributed by atoms with Gasteiger partial charge < -0.3 is 26.0 Å². The summed E-state index contributed by atoms with van der Waals surface area (Å²) >= 11 is 0. The molecule has 0 saturated heterocycles. The fourth-order valence-corrected chi connectivity index (χ4v) is 3.04. The van der Waals surface area contributed by atoms with Crippen molar-refractivity contribution in [3.63, 3.8) is 0 Å². The summed E-state index contributed by atoms with van der Waals surface area (Å²) in [6.45, 7) is 1.73. The Morgan fingerprint density at radius 3 is 1.71 bits per heavy atom. The van der Waals surface area contributed by atoms with Crippen LogP contribution in [-0.2, 0) is 4.79 Å². The largest absolute Gasteiger partial charge is 0.497 e. The van der Waals surface area contributed by atoms with Crippen LogP contribution in [0.3, 0.4) is 0 Å². The predicted molar refractivity (Wildman–Crippen MR) is 134 cm³/mol. The molecule has 3 aromatic carbocycles. The highest BCUT2D eigenvalue weighted by molar-refractivity contribution is 5.96. The van der Waals surface area contributed by atoms with Gasteiger partial charge in [0.1, 0.15) is 11.8 Å². The fraction of sp³-hybridized carbons (Fsp3) is 0.120. The Balaban J connectivity index is 1.51. The summed E-state index contributed by atoms with van der Waals surface area (Å²) in [5.74, 6) is 1.41. The smallest absolute Gasteiger partial charge is 0.246 e. The van der Waals surface area contributed by atoms with Crippen molar-refractivity contribution in [3.05, 3.63) is 84.9 Å². The van der Waals surface area contributed by atoms with Crippen LogP contribution >= 0.6 is 0 Å². The van der Waals surface area contributed by atoms with Crippen LogP contribution in [0.25, 0.3) is 0 Å². The number of nitrogens with zero attached hydrogens (tertiary/aromatic N) is 3. The summed E-state index contributed by atoms with van der Waals surface area (Å²) in [7, 11) is 1.59. The summed E-state index contributed by atoms with van der Waals surface area (Å²) in [6.07, 6.45) is 0. The molecule has 1 atom stereocenters. The first-order valence-corrected chi connectivity index (χ1v) is 10.7. The molecule has 1 amide bonds. The lowest BCUT2D eigenvalue weighted by molar-refractivity contribution is -0.116. The first-order chi connectivity index (χ1) is 16.6. The molecule has 0 radical (unpaired) electrons. The first-order valence-electron chi connectivity index (χ1n) is 10.7. The molecule has 4 N–H and O–H groups in total. The van der Waals surface area contributed by atoms with E-state index in [-0.39, 0.29) is 11.9 Å². The van der Waals surface area contributed by atoms with E-state index in [0.717, 1.165) is 11.4 Å². The molecule has 4 rings (SSSR count). The molecule has 0 bridgehead atoms. The van der Waals surface area contributed by atoms with Gasteiger partial charge in [-0.1, -0.05) is 36.4 Å². The summed E-state index contributed by atoms with van der Waals surface area (Å²) in [5.41, 5.74) is 2.32. The molecule has 172 valence electrons. The van der Waals surface area contributed by atoms with E-state index >= 15 is 0 Å². The van der Waals surface area contributed by atoms with E-state index in [2.05, 4.69) is 36.2 Å². The molecule has 4 aromatic rings. The van der Waals surface area contributed by atoms with Gasteiger partial charge in [-0.15, -0.1) is 0 Å². The van der Waals surface area contributed by atoms with Crippen molar-refractivity contribution in [2.24, 2.45) is 0 Å². The summed E-state index contributed by atoms with van der Waals surface area (Å²) in [4.78, 5) is 26.1. The average molecular weight is 456 g/mol. The normalized spacial score (nSPS) is 11.2. The van der Waals surface area contributed by atoms with Crippen molar-refractivity contribution < 1.29 is 9.53 Å². The Kier molecular flexibility index (Phi) is 7.14. The number of methoxy groups -OCH3 is 1. The van der Waals surface area contributed by atoms with Crippen molar-refractivity contribution in [3.8, 4) is 5.75 Å². The lowest BCUT2D eigenvalue weighted by Gasteiger charge is -2.16. The van der Waals surface area contributed by atoms with Crippen LogP contribution in [0.15, 0.2) is 84.9 Å². The second kappa shape index (κ2) is 10.8. The Labute approximate surface area is 197 Å². The van der Waals surface area contributed by atoms with Crippen molar-refractivity contribution in [2.45, 2.75) is 13.0 Å². The molecule has 0 saturated carbocycles. The number of hydrogen-bond acceptors (Lipinski definition) is 8. The van der Waals surface area contributed by atoms with Crippen molar-refractivity contribution >= 4 is 40.8 Å². The number of nitrogens with one attached hydrogen (secondary N) is 4. The maximum atomic E-state index is 12.7. The molecule has 0 aliphatic heterocycles. The molecule has 34 heavy (non-hydrogen) atoms. The number of benzene rings is 3. The first kappa shape index (κ1) is 22.5. The Bertz CT molecular complexity index is 1160. The fourth-order valence-electron chi connectivity index (χ4n) is 3.04. The maximum absolute atomic E-state index is 12.7. The van der Waals surface area contributed by atoms with Crippen molar-refractivity contribution in [1.29, 1.82) is 0 Å². The zero-order valence-corrected chi connectivity index (χ0v) is 18.8. The predicted octanol–water partition coefficient (Wildman–Crippen LogP) is 4.81. The zero-order chi connectivity index (χ0) is 23.8. The summed E-state index contributed by atoms with van der Waals surface area (Å²) in [6, 6.07) is 25.6. The number of carbonyl (C=O) groups is 1. The van der Waals surface area contributed by atoms with E-state index in [0.29, 0.717) is 23.3 Å². The third kappa shape index (κ3) is 6.19. The molecule has 1 heterocycles. The lowest BCUT2D eigenvalue weighted by Crippen LogP contribution is -2.32. The minimum Gasteiger partial charge on any atom is -0.497 e. The van der Waals surface area contributed by atoms with Crippen LogP contribution in [-0.4, -0.2) is 34.0 Å². The van der Waals surface area contributed by atoms with Crippen molar-refractivity contribution in [1.82, 2.24) is 15.0 Å².